The summed E-state index contributed by atoms with van der Waals surface area (Å²) in [6.45, 7) is 5.42. The lowest BCUT2D eigenvalue weighted by Gasteiger charge is -2.34. The van der Waals surface area contributed by atoms with Crippen molar-refractivity contribution in [3.63, 3.8) is 0 Å². The number of carbonyl (C=O) groups is 2. The molecule has 3 aliphatic carbocycles. The summed E-state index contributed by atoms with van der Waals surface area (Å²) in [5.74, 6) is -0.430. The van der Waals surface area contributed by atoms with Crippen molar-refractivity contribution >= 4 is 12.1 Å². The number of hydrogen-bond donors (Lipinski definition) is 2. The second-order valence-corrected chi connectivity index (χ2v) is 6.21. The van der Waals surface area contributed by atoms with E-state index in [1.54, 1.807) is 20.8 Å². The highest BCUT2D eigenvalue weighted by molar-refractivity contribution is 5.78. The molecule has 0 radical (unpaired) electrons. The second kappa shape index (κ2) is 3.62. The van der Waals surface area contributed by atoms with E-state index >= 15 is 0 Å². The number of rotatable bonds is 2. The average molecular weight is 241 g/mol. The maximum Gasteiger partial charge on any atom is 0.407 e. The van der Waals surface area contributed by atoms with E-state index < -0.39 is 23.1 Å². The van der Waals surface area contributed by atoms with E-state index in [2.05, 4.69) is 5.32 Å². The van der Waals surface area contributed by atoms with Crippen molar-refractivity contribution in [1.29, 1.82) is 0 Å². The number of alkyl carbamates (subject to hydrolysis) is 1. The number of fused-ring (bicyclic) bond motifs is 1. The zero-order valence-electron chi connectivity index (χ0n) is 10.4. The van der Waals surface area contributed by atoms with Gasteiger partial charge in [-0.3, -0.25) is 4.79 Å². The molecular weight excluding hydrogens is 222 g/mol. The minimum absolute atomic E-state index is 0.0408. The van der Waals surface area contributed by atoms with E-state index in [-0.39, 0.29) is 6.04 Å². The molecule has 5 heteroatoms. The Kier molecular flexibility index (Phi) is 2.60. The van der Waals surface area contributed by atoms with Crippen molar-refractivity contribution in [2.75, 3.05) is 0 Å². The quantitative estimate of drug-likeness (QED) is 0.772. The van der Waals surface area contributed by atoms with Gasteiger partial charge in [0.05, 0.1) is 5.41 Å². The number of carboxylic acids is 1. The summed E-state index contributed by atoms with van der Waals surface area (Å²) < 4.78 is 5.16. The molecular formula is C12H19NO4. The lowest BCUT2D eigenvalue weighted by Crippen LogP contribution is -2.41. The van der Waals surface area contributed by atoms with Crippen molar-refractivity contribution in [2.24, 2.45) is 11.3 Å². The zero-order chi connectivity index (χ0) is 12.8. The number of ether oxygens (including phenoxy) is 1. The topological polar surface area (TPSA) is 75.6 Å². The van der Waals surface area contributed by atoms with E-state index in [9.17, 15) is 9.59 Å². The number of carboxylic acid groups (broad SMARTS) is 1. The van der Waals surface area contributed by atoms with Crippen LogP contribution >= 0.6 is 0 Å². The SMILES string of the molecule is CC(C)(C)OC(=O)N[C@@H]1CC2(C(=O)O)CC1C2. The van der Waals surface area contributed by atoms with Gasteiger partial charge in [-0.15, -0.1) is 0 Å². The fourth-order valence-corrected chi connectivity index (χ4v) is 2.87. The largest absolute Gasteiger partial charge is 0.481 e. The highest BCUT2D eigenvalue weighted by atomic mass is 16.6. The molecule has 5 nitrogen and oxygen atoms in total. The maximum absolute atomic E-state index is 11.6. The number of aliphatic carboxylic acids is 1. The van der Waals surface area contributed by atoms with Gasteiger partial charge in [-0.2, -0.15) is 0 Å². The minimum atomic E-state index is -0.734. The molecule has 0 saturated heterocycles. The smallest absolute Gasteiger partial charge is 0.407 e. The summed E-state index contributed by atoms with van der Waals surface area (Å²) >= 11 is 0. The number of hydrogen-bond acceptors (Lipinski definition) is 3. The Hall–Kier alpha value is -1.26. The van der Waals surface area contributed by atoms with Crippen molar-refractivity contribution in [1.82, 2.24) is 5.32 Å². The van der Waals surface area contributed by atoms with Crippen LogP contribution in [-0.4, -0.2) is 28.8 Å². The normalized spacial score (nSPS) is 35.0. The van der Waals surface area contributed by atoms with Gasteiger partial charge in [0.15, 0.2) is 0 Å². The summed E-state index contributed by atoms with van der Waals surface area (Å²) in [5.41, 5.74) is -1.10. The fourth-order valence-electron chi connectivity index (χ4n) is 2.87. The molecule has 3 saturated carbocycles. The van der Waals surface area contributed by atoms with E-state index in [1.165, 1.54) is 0 Å². The van der Waals surface area contributed by atoms with Crippen LogP contribution in [0, 0.1) is 11.3 Å². The highest BCUT2D eigenvalue weighted by Crippen LogP contribution is 2.58. The van der Waals surface area contributed by atoms with Gasteiger partial charge in [-0.25, -0.2) is 4.79 Å². The fraction of sp³-hybridized carbons (Fsp3) is 0.833. The van der Waals surface area contributed by atoms with Crippen molar-refractivity contribution in [3.8, 4) is 0 Å². The molecule has 1 amide bonds. The average Bonchev–Trinajstić information content (AvgIpc) is 2.52. The molecule has 0 aromatic heterocycles. The first kappa shape index (κ1) is 12.2. The van der Waals surface area contributed by atoms with E-state index in [1.807, 2.05) is 0 Å². The molecule has 0 aromatic carbocycles. The summed E-state index contributed by atoms with van der Waals surface area (Å²) in [6.07, 6.45) is 1.45. The van der Waals surface area contributed by atoms with E-state index in [4.69, 9.17) is 9.84 Å². The van der Waals surface area contributed by atoms with Crippen molar-refractivity contribution in [3.05, 3.63) is 0 Å². The van der Waals surface area contributed by atoms with E-state index in [0.717, 1.165) is 0 Å². The Morgan fingerprint density at radius 1 is 1.29 bits per heavy atom. The van der Waals surface area contributed by atoms with Crippen molar-refractivity contribution < 1.29 is 19.4 Å². The first-order chi connectivity index (χ1) is 7.72. The summed E-state index contributed by atoms with van der Waals surface area (Å²) in [4.78, 5) is 22.6. The van der Waals surface area contributed by atoms with Crippen LogP contribution in [0.5, 0.6) is 0 Å². The van der Waals surface area contributed by atoms with Gasteiger partial charge in [-0.1, -0.05) is 0 Å². The molecule has 0 heterocycles. The third kappa shape index (κ3) is 2.23. The zero-order valence-corrected chi connectivity index (χ0v) is 10.4. The van der Waals surface area contributed by atoms with E-state index in [0.29, 0.717) is 25.2 Å². The van der Waals surface area contributed by atoms with Crippen LogP contribution in [0.1, 0.15) is 40.0 Å². The Morgan fingerprint density at radius 2 is 1.88 bits per heavy atom. The molecule has 0 spiro atoms. The first-order valence-corrected chi connectivity index (χ1v) is 5.95. The molecule has 3 fully saturated rings. The van der Waals surface area contributed by atoms with Gasteiger partial charge < -0.3 is 15.2 Å². The second-order valence-electron chi connectivity index (χ2n) is 6.21. The molecule has 17 heavy (non-hydrogen) atoms. The van der Waals surface area contributed by atoms with Gasteiger partial charge in [0.25, 0.3) is 0 Å². The van der Waals surface area contributed by atoms with Gasteiger partial charge in [0, 0.05) is 6.04 Å². The lowest BCUT2D eigenvalue weighted by atomic mass is 9.70. The Bertz CT molecular complexity index is 352. The molecule has 0 aliphatic heterocycles. The maximum atomic E-state index is 11.6. The lowest BCUT2D eigenvalue weighted by molar-refractivity contribution is -0.153. The third-order valence-electron chi connectivity index (χ3n) is 3.64. The van der Waals surface area contributed by atoms with Crippen LogP contribution in [0.15, 0.2) is 0 Å². The summed E-state index contributed by atoms with van der Waals surface area (Å²) in [7, 11) is 0. The van der Waals surface area contributed by atoms with Crippen LogP contribution in [0.3, 0.4) is 0 Å². The molecule has 0 aromatic rings. The van der Waals surface area contributed by atoms with Gasteiger partial charge in [-0.05, 0) is 46.0 Å². The molecule has 2 N–H and O–H groups in total. The van der Waals surface area contributed by atoms with Crippen LogP contribution in [0.4, 0.5) is 4.79 Å². The van der Waals surface area contributed by atoms with Crippen LogP contribution < -0.4 is 5.32 Å². The molecule has 2 bridgehead atoms. The van der Waals surface area contributed by atoms with Crippen LogP contribution in [-0.2, 0) is 9.53 Å². The van der Waals surface area contributed by atoms with Gasteiger partial charge in [0.1, 0.15) is 5.60 Å². The molecule has 3 aliphatic rings. The predicted octanol–water partition coefficient (Wildman–Crippen LogP) is 1.76. The molecule has 96 valence electrons. The standard InChI is InChI=1S/C12H19NO4/c1-11(2,3)17-10(16)13-8-6-12(9(14)15)4-7(8)5-12/h7-8H,4-6H2,1-3H3,(H,13,16)(H,14,15)/t7?,8-,12?/m1/s1. The Morgan fingerprint density at radius 3 is 2.29 bits per heavy atom. The van der Waals surface area contributed by atoms with Crippen molar-refractivity contribution in [2.45, 2.75) is 51.7 Å². The van der Waals surface area contributed by atoms with Crippen LogP contribution in [0.25, 0.3) is 0 Å². The number of carbonyl (C=O) groups excluding carboxylic acids is 1. The molecule has 0 unspecified atom stereocenters. The monoisotopic (exact) mass is 241 g/mol. The number of nitrogens with one attached hydrogen (secondary N) is 1. The Labute approximate surface area is 101 Å². The minimum Gasteiger partial charge on any atom is -0.481 e. The predicted molar refractivity (Wildman–Crippen MR) is 60.6 cm³/mol. The molecule has 3 rings (SSSR count). The van der Waals surface area contributed by atoms with Gasteiger partial charge >= 0.3 is 12.1 Å². The highest BCUT2D eigenvalue weighted by Gasteiger charge is 2.61. The summed E-state index contributed by atoms with van der Waals surface area (Å²) in [6, 6.07) is -0.0408. The number of amides is 1. The Balaban J connectivity index is 1.87. The first-order valence-electron chi connectivity index (χ1n) is 5.95. The molecule has 1 atom stereocenters. The van der Waals surface area contributed by atoms with Gasteiger partial charge in [0.2, 0.25) is 0 Å². The van der Waals surface area contributed by atoms with Crippen LogP contribution in [0.2, 0.25) is 0 Å². The summed E-state index contributed by atoms with van der Waals surface area (Å²) in [5, 5.41) is 11.9. The third-order valence-corrected chi connectivity index (χ3v) is 3.64.